The van der Waals surface area contributed by atoms with Crippen molar-refractivity contribution in [1.29, 1.82) is 0 Å². The number of ether oxygens (including phenoxy) is 2. The molecule has 2 fully saturated rings. The summed E-state index contributed by atoms with van der Waals surface area (Å²) in [7, 11) is 0. The van der Waals surface area contributed by atoms with Crippen LogP contribution in [-0.2, 0) is 22.4 Å². The van der Waals surface area contributed by atoms with Crippen LogP contribution < -0.4 is 0 Å². The van der Waals surface area contributed by atoms with Gasteiger partial charge in [0, 0.05) is 32.7 Å². The van der Waals surface area contributed by atoms with E-state index in [1.165, 1.54) is 5.56 Å². The van der Waals surface area contributed by atoms with Crippen molar-refractivity contribution in [2.45, 2.75) is 50.9 Å². The fraction of sp³-hybridized carbons (Fsp3) is 0.600. The maximum Gasteiger partial charge on any atom is 0.240 e. The van der Waals surface area contributed by atoms with Crippen LogP contribution in [0.2, 0.25) is 0 Å². The number of hydrogen-bond donors (Lipinski definition) is 0. The normalized spacial score (nSPS) is 23.1. The molecule has 0 saturated carbocycles. The van der Waals surface area contributed by atoms with E-state index in [1.54, 1.807) is 0 Å². The molecule has 2 aromatic rings. The van der Waals surface area contributed by atoms with E-state index in [2.05, 4.69) is 27.2 Å². The third-order valence-corrected chi connectivity index (χ3v) is 5.05. The van der Waals surface area contributed by atoms with Gasteiger partial charge in [-0.2, -0.15) is 4.98 Å². The second-order valence-electron chi connectivity index (χ2n) is 7.23. The molecule has 4 rings (SSSR count). The van der Waals surface area contributed by atoms with Gasteiger partial charge < -0.3 is 14.0 Å². The zero-order valence-electron chi connectivity index (χ0n) is 15.2. The summed E-state index contributed by atoms with van der Waals surface area (Å²) in [5.74, 6) is 1.41. The van der Waals surface area contributed by atoms with Crippen LogP contribution in [0.25, 0.3) is 0 Å². The first-order valence-electron chi connectivity index (χ1n) is 9.66. The first kappa shape index (κ1) is 17.6. The summed E-state index contributed by atoms with van der Waals surface area (Å²) in [4.78, 5) is 6.95. The molecule has 3 heterocycles. The van der Waals surface area contributed by atoms with Gasteiger partial charge in [-0.1, -0.05) is 35.5 Å². The summed E-state index contributed by atoms with van der Waals surface area (Å²) in [6, 6.07) is 10.2. The number of hydrogen-bond acceptors (Lipinski definition) is 6. The SMILES string of the molecule is c1ccc(Cc2noc(CN(CC3CCCO3)CC3CCCO3)n2)cc1. The van der Waals surface area contributed by atoms with Crippen molar-refractivity contribution in [3.8, 4) is 0 Å². The van der Waals surface area contributed by atoms with E-state index in [0.717, 1.165) is 57.8 Å². The molecule has 6 heteroatoms. The Kier molecular flexibility index (Phi) is 5.94. The quantitative estimate of drug-likeness (QED) is 0.724. The summed E-state index contributed by atoms with van der Waals surface area (Å²) < 4.78 is 17.2. The van der Waals surface area contributed by atoms with E-state index in [-0.39, 0.29) is 0 Å². The zero-order valence-corrected chi connectivity index (χ0v) is 15.2. The van der Waals surface area contributed by atoms with E-state index in [4.69, 9.17) is 14.0 Å². The molecule has 0 radical (unpaired) electrons. The highest BCUT2D eigenvalue weighted by Gasteiger charge is 2.25. The van der Waals surface area contributed by atoms with Crippen LogP contribution >= 0.6 is 0 Å². The number of benzene rings is 1. The van der Waals surface area contributed by atoms with Crippen molar-refractivity contribution >= 4 is 0 Å². The Labute approximate surface area is 154 Å². The van der Waals surface area contributed by atoms with Gasteiger partial charge in [-0.15, -0.1) is 0 Å². The Balaban J connectivity index is 1.37. The topological polar surface area (TPSA) is 60.6 Å². The lowest BCUT2D eigenvalue weighted by Crippen LogP contribution is -2.37. The van der Waals surface area contributed by atoms with Crippen LogP contribution in [-0.4, -0.2) is 53.6 Å². The van der Waals surface area contributed by atoms with Gasteiger partial charge in [-0.05, 0) is 31.2 Å². The standard InChI is InChI=1S/C20H27N3O3/c1-2-6-16(7-3-1)12-19-21-20(26-22-19)15-23(13-17-8-4-10-24-17)14-18-9-5-11-25-18/h1-3,6-7,17-18H,4-5,8-15H2. The van der Waals surface area contributed by atoms with E-state index < -0.39 is 0 Å². The second kappa shape index (κ2) is 8.75. The molecule has 0 N–H and O–H groups in total. The molecule has 1 aromatic heterocycles. The van der Waals surface area contributed by atoms with E-state index in [9.17, 15) is 0 Å². The zero-order chi connectivity index (χ0) is 17.6. The fourth-order valence-electron chi connectivity index (χ4n) is 3.75. The van der Waals surface area contributed by atoms with Gasteiger partial charge in [-0.25, -0.2) is 0 Å². The Morgan fingerprint density at radius 3 is 2.27 bits per heavy atom. The van der Waals surface area contributed by atoms with Gasteiger partial charge in [0.05, 0.1) is 18.8 Å². The Bertz CT molecular complexity index is 646. The van der Waals surface area contributed by atoms with Crippen LogP contribution in [0, 0.1) is 0 Å². The summed E-state index contributed by atoms with van der Waals surface area (Å²) >= 11 is 0. The molecule has 2 aliphatic rings. The lowest BCUT2D eigenvalue weighted by molar-refractivity contribution is 0.0309. The van der Waals surface area contributed by atoms with E-state index in [0.29, 0.717) is 31.1 Å². The predicted molar refractivity (Wildman–Crippen MR) is 96.8 cm³/mol. The summed E-state index contributed by atoms with van der Waals surface area (Å²) in [6.45, 7) is 4.20. The Morgan fingerprint density at radius 2 is 1.65 bits per heavy atom. The number of nitrogens with zero attached hydrogens (tertiary/aromatic N) is 3. The first-order valence-corrected chi connectivity index (χ1v) is 9.66. The van der Waals surface area contributed by atoms with Crippen molar-refractivity contribution in [3.63, 3.8) is 0 Å². The third kappa shape index (κ3) is 4.90. The predicted octanol–water partition coefficient (Wildman–Crippen LogP) is 2.82. The minimum atomic E-state index is 0.308. The van der Waals surface area contributed by atoms with E-state index >= 15 is 0 Å². The smallest absolute Gasteiger partial charge is 0.240 e. The Hall–Kier alpha value is -1.76. The Morgan fingerprint density at radius 1 is 0.962 bits per heavy atom. The second-order valence-corrected chi connectivity index (χ2v) is 7.23. The molecular formula is C20H27N3O3. The van der Waals surface area contributed by atoms with Crippen molar-refractivity contribution in [3.05, 3.63) is 47.6 Å². The monoisotopic (exact) mass is 357 g/mol. The van der Waals surface area contributed by atoms with Crippen molar-refractivity contribution in [2.75, 3.05) is 26.3 Å². The molecule has 2 atom stereocenters. The maximum absolute atomic E-state index is 5.82. The molecule has 2 aliphatic heterocycles. The van der Waals surface area contributed by atoms with Crippen LogP contribution in [0.15, 0.2) is 34.9 Å². The average molecular weight is 357 g/mol. The summed E-state index contributed by atoms with van der Waals surface area (Å²) in [5, 5.41) is 4.15. The van der Waals surface area contributed by atoms with Crippen LogP contribution in [0.3, 0.4) is 0 Å². The van der Waals surface area contributed by atoms with Gasteiger partial charge in [0.2, 0.25) is 5.89 Å². The van der Waals surface area contributed by atoms with Gasteiger partial charge in [0.1, 0.15) is 0 Å². The van der Waals surface area contributed by atoms with Gasteiger partial charge >= 0.3 is 0 Å². The van der Waals surface area contributed by atoms with Gasteiger partial charge in [0.15, 0.2) is 5.82 Å². The molecule has 0 bridgehead atoms. The lowest BCUT2D eigenvalue weighted by atomic mass is 10.1. The van der Waals surface area contributed by atoms with Gasteiger partial charge in [0.25, 0.3) is 0 Å². The summed E-state index contributed by atoms with van der Waals surface area (Å²) in [6.07, 6.45) is 5.88. The maximum atomic E-state index is 5.82. The highest BCUT2D eigenvalue weighted by Crippen LogP contribution is 2.19. The highest BCUT2D eigenvalue weighted by molar-refractivity contribution is 5.18. The van der Waals surface area contributed by atoms with Crippen molar-refractivity contribution in [1.82, 2.24) is 15.0 Å². The number of rotatable bonds is 8. The molecular weight excluding hydrogens is 330 g/mol. The van der Waals surface area contributed by atoms with Crippen molar-refractivity contribution < 1.29 is 14.0 Å². The molecule has 140 valence electrons. The molecule has 6 nitrogen and oxygen atoms in total. The minimum Gasteiger partial charge on any atom is -0.377 e. The first-order chi connectivity index (χ1) is 12.8. The fourth-order valence-corrected chi connectivity index (χ4v) is 3.75. The molecule has 0 spiro atoms. The van der Waals surface area contributed by atoms with Crippen LogP contribution in [0.5, 0.6) is 0 Å². The minimum absolute atomic E-state index is 0.308. The average Bonchev–Trinajstić information content (AvgIpc) is 3.40. The van der Waals surface area contributed by atoms with E-state index in [1.807, 2.05) is 18.2 Å². The third-order valence-electron chi connectivity index (χ3n) is 5.05. The molecule has 26 heavy (non-hydrogen) atoms. The van der Waals surface area contributed by atoms with Crippen LogP contribution in [0.4, 0.5) is 0 Å². The van der Waals surface area contributed by atoms with Gasteiger partial charge in [-0.3, -0.25) is 4.90 Å². The lowest BCUT2D eigenvalue weighted by Gasteiger charge is -2.26. The summed E-state index contributed by atoms with van der Waals surface area (Å²) in [5.41, 5.74) is 1.19. The highest BCUT2D eigenvalue weighted by atomic mass is 16.5. The molecule has 0 aliphatic carbocycles. The number of aromatic nitrogens is 2. The molecule has 1 aromatic carbocycles. The van der Waals surface area contributed by atoms with Crippen LogP contribution in [0.1, 0.15) is 43.0 Å². The molecule has 2 unspecified atom stereocenters. The molecule has 0 amide bonds. The molecule has 2 saturated heterocycles. The largest absolute Gasteiger partial charge is 0.377 e. The van der Waals surface area contributed by atoms with Crippen molar-refractivity contribution in [2.24, 2.45) is 0 Å².